The van der Waals surface area contributed by atoms with Crippen molar-refractivity contribution in [3.05, 3.63) is 0 Å². The molecule has 0 bridgehead atoms. The standard InChI is InChI=1S/C9H15ClF3N/c1-7-6-14(4-2-8(7)10)5-3-9(11,12)13/h7-8H,2-6H2,1H3. The third-order valence-electron chi connectivity index (χ3n) is 2.60. The van der Waals surface area contributed by atoms with Gasteiger partial charge in [0.2, 0.25) is 0 Å². The normalized spacial score (nSPS) is 30.6. The number of piperidine rings is 1. The summed E-state index contributed by atoms with van der Waals surface area (Å²) in [6.45, 7) is 3.47. The van der Waals surface area contributed by atoms with Crippen molar-refractivity contribution in [3.63, 3.8) is 0 Å². The Morgan fingerprint density at radius 3 is 2.57 bits per heavy atom. The molecule has 0 N–H and O–H groups in total. The molecule has 1 fully saturated rings. The van der Waals surface area contributed by atoms with E-state index in [0.717, 1.165) is 6.42 Å². The Hall–Kier alpha value is 0.0400. The van der Waals surface area contributed by atoms with Crippen LogP contribution in [0.4, 0.5) is 13.2 Å². The number of rotatable bonds is 2. The fourth-order valence-corrected chi connectivity index (χ4v) is 1.87. The number of halogens is 4. The van der Waals surface area contributed by atoms with Crippen LogP contribution < -0.4 is 0 Å². The van der Waals surface area contributed by atoms with Gasteiger partial charge in [-0.05, 0) is 18.9 Å². The molecule has 0 spiro atoms. The summed E-state index contributed by atoms with van der Waals surface area (Å²) < 4.78 is 35.8. The maximum atomic E-state index is 11.9. The molecule has 0 saturated carbocycles. The lowest BCUT2D eigenvalue weighted by atomic mass is 9.99. The largest absolute Gasteiger partial charge is 0.390 e. The average molecular weight is 230 g/mol. The molecule has 0 aromatic heterocycles. The fourth-order valence-electron chi connectivity index (χ4n) is 1.69. The molecule has 0 aromatic carbocycles. The van der Waals surface area contributed by atoms with Crippen LogP contribution in [0.25, 0.3) is 0 Å². The van der Waals surface area contributed by atoms with Gasteiger partial charge in [0.15, 0.2) is 0 Å². The summed E-state index contributed by atoms with van der Waals surface area (Å²) in [5.74, 6) is 0.290. The first-order chi connectivity index (χ1) is 6.38. The van der Waals surface area contributed by atoms with Crippen molar-refractivity contribution in [2.45, 2.75) is 31.3 Å². The van der Waals surface area contributed by atoms with E-state index >= 15 is 0 Å². The van der Waals surface area contributed by atoms with Crippen LogP contribution in [-0.2, 0) is 0 Å². The molecule has 0 aliphatic carbocycles. The molecule has 1 saturated heterocycles. The highest BCUT2D eigenvalue weighted by atomic mass is 35.5. The first kappa shape index (κ1) is 12.1. The highest BCUT2D eigenvalue weighted by Crippen LogP contribution is 2.24. The van der Waals surface area contributed by atoms with Crippen molar-refractivity contribution >= 4 is 11.6 Å². The summed E-state index contributed by atoms with van der Waals surface area (Å²) in [6.07, 6.45) is -3.96. The van der Waals surface area contributed by atoms with Crippen molar-refractivity contribution < 1.29 is 13.2 Å². The van der Waals surface area contributed by atoms with Gasteiger partial charge in [0, 0.05) is 18.5 Å². The highest BCUT2D eigenvalue weighted by Gasteiger charge is 2.30. The SMILES string of the molecule is CC1CN(CCC(F)(F)F)CCC1Cl. The van der Waals surface area contributed by atoms with Gasteiger partial charge in [0.25, 0.3) is 0 Å². The summed E-state index contributed by atoms with van der Waals surface area (Å²) in [7, 11) is 0. The second-order valence-electron chi connectivity index (χ2n) is 3.95. The number of likely N-dealkylation sites (tertiary alicyclic amines) is 1. The van der Waals surface area contributed by atoms with Crippen molar-refractivity contribution in [3.8, 4) is 0 Å². The molecule has 1 aliphatic heterocycles. The molecule has 1 nitrogen and oxygen atoms in total. The summed E-state index contributed by atoms with van der Waals surface area (Å²) in [5, 5.41) is 0.122. The zero-order valence-electron chi connectivity index (χ0n) is 8.15. The van der Waals surface area contributed by atoms with Crippen LogP contribution in [0.3, 0.4) is 0 Å². The van der Waals surface area contributed by atoms with E-state index in [1.54, 1.807) is 0 Å². The Morgan fingerprint density at radius 1 is 1.43 bits per heavy atom. The summed E-state index contributed by atoms with van der Waals surface area (Å²) >= 11 is 5.97. The maximum Gasteiger partial charge on any atom is 0.390 e. The first-order valence-electron chi connectivity index (χ1n) is 4.81. The van der Waals surface area contributed by atoms with Crippen LogP contribution >= 0.6 is 11.6 Å². The van der Waals surface area contributed by atoms with Crippen LogP contribution in [-0.4, -0.2) is 36.1 Å². The molecule has 0 amide bonds. The quantitative estimate of drug-likeness (QED) is 0.659. The van der Waals surface area contributed by atoms with Gasteiger partial charge in [0.05, 0.1) is 6.42 Å². The third kappa shape index (κ3) is 4.05. The van der Waals surface area contributed by atoms with E-state index in [9.17, 15) is 13.2 Å². The van der Waals surface area contributed by atoms with Crippen molar-refractivity contribution in [2.24, 2.45) is 5.92 Å². The van der Waals surface area contributed by atoms with E-state index in [-0.39, 0.29) is 11.9 Å². The zero-order valence-corrected chi connectivity index (χ0v) is 8.91. The van der Waals surface area contributed by atoms with Crippen LogP contribution in [0.5, 0.6) is 0 Å². The van der Waals surface area contributed by atoms with Crippen molar-refractivity contribution in [2.75, 3.05) is 19.6 Å². The third-order valence-corrected chi connectivity index (χ3v) is 3.24. The Labute approximate surface area is 87.2 Å². The van der Waals surface area contributed by atoms with Gasteiger partial charge in [-0.25, -0.2) is 0 Å². The minimum atomic E-state index is -4.04. The van der Waals surface area contributed by atoms with Crippen LogP contribution in [0.1, 0.15) is 19.8 Å². The van der Waals surface area contributed by atoms with E-state index in [1.807, 2.05) is 11.8 Å². The predicted octanol–water partition coefficient (Wildman–Crippen LogP) is 2.89. The number of hydrogen-bond acceptors (Lipinski definition) is 1. The topological polar surface area (TPSA) is 3.24 Å². The monoisotopic (exact) mass is 229 g/mol. The average Bonchev–Trinajstić information content (AvgIpc) is 2.06. The van der Waals surface area contributed by atoms with Gasteiger partial charge in [-0.1, -0.05) is 6.92 Å². The Bertz CT molecular complexity index is 183. The lowest BCUT2D eigenvalue weighted by Gasteiger charge is -2.34. The Morgan fingerprint density at radius 2 is 2.07 bits per heavy atom. The van der Waals surface area contributed by atoms with E-state index in [4.69, 9.17) is 11.6 Å². The van der Waals surface area contributed by atoms with Gasteiger partial charge >= 0.3 is 6.18 Å². The van der Waals surface area contributed by atoms with Crippen molar-refractivity contribution in [1.29, 1.82) is 0 Å². The zero-order chi connectivity index (χ0) is 10.8. The maximum absolute atomic E-state index is 11.9. The molecule has 1 heterocycles. The second kappa shape index (κ2) is 4.71. The van der Waals surface area contributed by atoms with Gasteiger partial charge < -0.3 is 4.90 Å². The van der Waals surface area contributed by atoms with Gasteiger partial charge in [-0.15, -0.1) is 11.6 Å². The molecule has 1 aliphatic rings. The lowest BCUT2D eigenvalue weighted by Crippen LogP contribution is -2.41. The van der Waals surface area contributed by atoms with Crippen LogP contribution in [0.2, 0.25) is 0 Å². The van der Waals surface area contributed by atoms with E-state index in [2.05, 4.69) is 0 Å². The molecule has 2 atom stereocenters. The smallest absolute Gasteiger partial charge is 0.303 e. The number of nitrogens with zero attached hydrogens (tertiary/aromatic N) is 1. The highest BCUT2D eigenvalue weighted by molar-refractivity contribution is 6.20. The molecule has 84 valence electrons. The first-order valence-corrected chi connectivity index (χ1v) is 5.25. The predicted molar refractivity (Wildman–Crippen MR) is 50.5 cm³/mol. The van der Waals surface area contributed by atoms with Gasteiger partial charge in [0.1, 0.15) is 0 Å². The molecule has 14 heavy (non-hydrogen) atoms. The molecule has 5 heteroatoms. The summed E-state index contributed by atoms with van der Waals surface area (Å²) in [5.41, 5.74) is 0. The van der Waals surface area contributed by atoms with E-state index in [1.165, 1.54) is 0 Å². The van der Waals surface area contributed by atoms with Crippen LogP contribution in [0, 0.1) is 5.92 Å². The number of hydrogen-bond donors (Lipinski definition) is 0. The van der Waals surface area contributed by atoms with E-state index < -0.39 is 12.6 Å². The van der Waals surface area contributed by atoms with E-state index in [0.29, 0.717) is 19.0 Å². The van der Waals surface area contributed by atoms with Crippen LogP contribution in [0.15, 0.2) is 0 Å². The lowest BCUT2D eigenvalue weighted by molar-refractivity contribution is -0.138. The summed E-state index contributed by atoms with van der Waals surface area (Å²) in [6, 6.07) is 0. The molecule has 2 unspecified atom stereocenters. The second-order valence-corrected chi connectivity index (χ2v) is 4.51. The minimum absolute atomic E-state index is 0.109. The molecule has 0 aromatic rings. The molecular formula is C9H15ClF3N. The Kier molecular flexibility index (Phi) is 4.07. The molecule has 0 radical (unpaired) electrons. The van der Waals surface area contributed by atoms with Gasteiger partial charge in [-0.3, -0.25) is 0 Å². The van der Waals surface area contributed by atoms with Crippen molar-refractivity contribution in [1.82, 2.24) is 4.90 Å². The molecule has 1 rings (SSSR count). The minimum Gasteiger partial charge on any atom is -0.303 e. The van der Waals surface area contributed by atoms with Gasteiger partial charge in [-0.2, -0.15) is 13.2 Å². The Balaban J connectivity index is 2.27. The number of alkyl halides is 4. The fraction of sp³-hybridized carbons (Fsp3) is 1.00. The molecular weight excluding hydrogens is 215 g/mol. The summed E-state index contributed by atoms with van der Waals surface area (Å²) in [4.78, 5) is 1.84.